The summed E-state index contributed by atoms with van der Waals surface area (Å²) < 4.78 is 13.4. The zero-order valence-corrected chi connectivity index (χ0v) is 11.1. The minimum Gasteiger partial charge on any atom is -0.289 e. The first-order valence-electron chi connectivity index (χ1n) is 5.56. The van der Waals surface area contributed by atoms with Crippen molar-refractivity contribution >= 4 is 17.5 Å². The Hall–Kier alpha value is -1.61. The van der Waals surface area contributed by atoms with Crippen molar-refractivity contribution in [3.05, 3.63) is 65.0 Å². The normalized spacial score (nSPS) is 10.4. The van der Waals surface area contributed by atoms with Gasteiger partial charge in [0.1, 0.15) is 5.82 Å². The third-order valence-corrected chi connectivity index (χ3v) is 3.53. The third kappa shape index (κ3) is 2.62. The van der Waals surface area contributed by atoms with E-state index >= 15 is 0 Å². The molecule has 92 valence electrons. The minimum absolute atomic E-state index is 0.151. The zero-order valence-electron chi connectivity index (χ0n) is 10.2. The highest BCUT2D eigenvalue weighted by Gasteiger charge is 2.10. The number of rotatable bonds is 3. The fraction of sp³-hybridized carbons (Fsp3) is 0.133. The van der Waals surface area contributed by atoms with E-state index in [4.69, 9.17) is 0 Å². The monoisotopic (exact) mass is 260 g/mol. The van der Waals surface area contributed by atoms with Gasteiger partial charge in [-0.15, -0.1) is 11.8 Å². The molecule has 2 aromatic rings. The molecule has 0 N–H and O–H groups in total. The molecular weight excluding hydrogens is 247 g/mol. The summed E-state index contributed by atoms with van der Waals surface area (Å²) in [5, 5.41) is 0. The van der Waals surface area contributed by atoms with Gasteiger partial charge in [0.2, 0.25) is 0 Å². The van der Waals surface area contributed by atoms with Crippen LogP contribution in [0.4, 0.5) is 4.39 Å². The molecule has 2 aromatic carbocycles. The first kappa shape index (κ1) is 12.8. The van der Waals surface area contributed by atoms with Gasteiger partial charge in [0.15, 0.2) is 5.78 Å². The molecule has 0 unspecified atom stereocenters. The van der Waals surface area contributed by atoms with Crippen LogP contribution in [-0.2, 0) is 0 Å². The molecule has 0 atom stereocenters. The molecule has 0 spiro atoms. The summed E-state index contributed by atoms with van der Waals surface area (Å²) in [6, 6.07) is 11.9. The van der Waals surface area contributed by atoms with Crippen LogP contribution in [0, 0.1) is 12.7 Å². The van der Waals surface area contributed by atoms with E-state index in [1.807, 2.05) is 18.4 Å². The first-order valence-corrected chi connectivity index (χ1v) is 6.79. The van der Waals surface area contributed by atoms with E-state index in [2.05, 4.69) is 0 Å². The van der Waals surface area contributed by atoms with Crippen molar-refractivity contribution in [3.8, 4) is 0 Å². The van der Waals surface area contributed by atoms with Crippen molar-refractivity contribution in [1.29, 1.82) is 0 Å². The van der Waals surface area contributed by atoms with Gasteiger partial charge in [-0.05, 0) is 49.1 Å². The molecule has 18 heavy (non-hydrogen) atoms. The van der Waals surface area contributed by atoms with Crippen LogP contribution in [0.25, 0.3) is 0 Å². The highest BCUT2D eigenvalue weighted by atomic mass is 32.2. The number of hydrogen-bond acceptors (Lipinski definition) is 2. The molecular formula is C15H13FOS. The Balaban J connectivity index is 2.32. The predicted molar refractivity (Wildman–Crippen MR) is 72.8 cm³/mol. The Morgan fingerprint density at radius 1 is 1.06 bits per heavy atom. The lowest BCUT2D eigenvalue weighted by molar-refractivity contribution is 0.103. The van der Waals surface area contributed by atoms with Crippen molar-refractivity contribution in [2.75, 3.05) is 6.26 Å². The Bertz CT molecular complexity index is 576. The van der Waals surface area contributed by atoms with Crippen molar-refractivity contribution in [2.45, 2.75) is 11.8 Å². The van der Waals surface area contributed by atoms with Gasteiger partial charge in [0.05, 0.1) is 0 Å². The van der Waals surface area contributed by atoms with E-state index in [1.165, 1.54) is 6.07 Å². The van der Waals surface area contributed by atoms with E-state index in [-0.39, 0.29) is 11.6 Å². The SMILES string of the molecule is CSc1ccc(C(=O)c2ccc(C)c(F)c2)cc1. The Labute approximate surface area is 110 Å². The highest BCUT2D eigenvalue weighted by Crippen LogP contribution is 2.18. The average Bonchev–Trinajstić information content (AvgIpc) is 2.41. The van der Waals surface area contributed by atoms with Crippen LogP contribution >= 0.6 is 11.8 Å². The summed E-state index contributed by atoms with van der Waals surface area (Å²) in [5.74, 6) is -0.497. The number of hydrogen-bond donors (Lipinski definition) is 0. The van der Waals surface area contributed by atoms with Crippen LogP contribution < -0.4 is 0 Å². The largest absolute Gasteiger partial charge is 0.289 e. The molecule has 0 aliphatic carbocycles. The highest BCUT2D eigenvalue weighted by molar-refractivity contribution is 7.98. The zero-order chi connectivity index (χ0) is 13.1. The van der Waals surface area contributed by atoms with Gasteiger partial charge in [0.25, 0.3) is 0 Å². The summed E-state index contributed by atoms with van der Waals surface area (Å²) in [6.45, 7) is 1.68. The molecule has 0 heterocycles. The lowest BCUT2D eigenvalue weighted by Gasteiger charge is -2.04. The van der Waals surface area contributed by atoms with Gasteiger partial charge in [-0.25, -0.2) is 4.39 Å². The number of carbonyl (C=O) groups excluding carboxylic acids is 1. The third-order valence-electron chi connectivity index (χ3n) is 2.79. The second kappa shape index (κ2) is 5.36. The van der Waals surface area contributed by atoms with Gasteiger partial charge in [-0.2, -0.15) is 0 Å². The van der Waals surface area contributed by atoms with Gasteiger partial charge < -0.3 is 0 Å². The standard InChI is InChI=1S/C15H13FOS/c1-10-3-4-12(9-14(10)16)15(17)11-5-7-13(18-2)8-6-11/h3-9H,1-2H3. The quantitative estimate of drug-likeness (QED) is 0.611. The summed E-state index contributed by atoms with van der Waals surface area (Å²) in [4.78, 5) is 13.2. The molecule has 0 aliphatic heterocycles. The fourth-order valence-corrected chi connectivity index (χ4v) is 2.05. The van der Waals surface area contributed by atoms with E-state index in [1.54, 1.807) is 43.0 Å². The number of ketones is 1. The van der Waals surface area contributed by atoms with Crippen molar-refractivity contribution in [2.24, 2.45) is 0 Å². The van der Waals surface area contributed by atoms with Crippen LogP contribution in [0.1, 0.15) is 21.5 Å². The van der Waals surface area contributed by atoms with Crippen LogP contribution in [0.3, 0.4) is 0 Å². The second-order valence-corrected chi connectivity index (χ2v) is 4.90. The molecule has 0 saturated carbocycles. The molecule has 0 amide bonds. The van der Waals surface area contributed by atoms with Gasteiger partial charge >= 0.3 is 0 Å². The molecule has 0 aromatic heterocycles. The number of halogens is 1. The Morgan fingerprint density at radius 2 is 1.67 bits per heavy atom. The van der Waals surface area contributed by atoms with Crippen LogP contribution in [0.2, 0.25) is 0 Å². The summed E-state index contributed by atoms with van der Waals surface area (Å²) in [7, 11) is 0. The summed E-state index contributed by atoms with van der Waals surface area (Å²) >= 11 is 1.62. The maximum Gasteiger partial charge on any atom is 0.193 e. The smallest absolute Gasteiger partial charge is 0.193 e. The lowest BCUT2D eigenvalue weighted by Crippen LogP contribution is -2.02. The predicted octanol–water partition coefficient (Wildman–Crippen LogP) is 4.09. The molecule has 0 bridgehead atoms. The molecule has 2 rings (SSSR count). The van der Waals surface area contributed by atoms with Crippen LogP contribution in [0.15, 0.2) is 47.4 Å². The van der Waals surface area contributed by atoms with Gasteiger partial charge in [-0.1, -0.05) is 12.1 Å². The number of aryl methyl sites for hydroxylation is 1. The van der Waals surface area contributed by atoms with Crippen molar-refractivity contribution in [3.63, 3.8) is 0 Å². The van der Waals surface area contributed by atoms with E-state index < -0.39 is 0 Å². The first-order chi connectivity index (χ1) is 8.61. The number of thioether (sulfide) groups is 1. The maximum atomic E-state index is 13.4. The molecule has 3 heteroatoms. The van der Waals surface area contributed by atoms with Gasteiger partial charge in [0, 0.05) is 16.0 Å². The summed E-state index contributed by atoms with van der Waals surface area (Å²) in [6.07, 6.45) is 1.98. The lowest BCUT2D eigenvalue weighted by atomic mass is 10.0. The summed E-state index contributed by atoms with van der Waals surface area (Å²) in [5.41, 5.74) is 1.51. The van der Waals surface area contributed by atoms with Crippen molar-refractivity contribution in [1.82, 2.24) is 0 Å². The topological polar surface area (TPSA) is 17.1 Å². The van der Waals surface area contributed by atoms with E-state index in [0.29, 0.717) is 16.7 Å². The number of carbonyl (C=O) groups is 1. The maximum absolute atomic E-state index is 13.4. The second-order valence-electron chi connectivity index (χ2n) is 4.02. The molecule has 0 aliphatic rings. The average molecular weight is 260 g/mol. The van der Waals surface area contributed by atoms with Crippen molar-refractivity contribution < 1.29 is 9.18 Å². The van der Waals surface area contributed by atoms with E-state index in [0.717, 1.165) is 4.90 Å². The number of benzene rings is 2. The fourth-order valence-electron chi connectivity index (χ4n) is 1.64. The molecule has 0 radical (unpaired) electrons. The minimum atomic E-state index is -0.346. The van der Waals surface area contributed by atoms with Crippen LogP contribution in [0.5, 0.6) is 0 Å². The Morgan fingerprint density at radius 3 is 2.22 bits per heavy atom. The molecule has 0 fully saturated rings. The molecule has 1 nitrogen and oxygen atoms in total. The Kier molecular flexibility index (Phi) is 3.82. The molecule has 0 saturated heterocycles. The van der Waals surface area contributed by atoms with Crippen LogP contribution in [-0.4, -0.2) is 12.0 Å². The van der Waals surface area contributed by atoms with Gasteiger partial charge in [-0.3, -0.25) is 4.79 Å². The van der Waals surface area contributed by atoms with E-state index in [9.17, 15) is 9.18 Å².